The molecular weight excluding hydrogens is 358 g/mol. The maximum Gasteiger partial charge on any atom is 0.291 e. The predicted octanol–water partition coefficient (Wildman–Crippen LogP) is 1.65. The molecule has 2 rings (SSSR count). The molecule has 1 aliphatic rings. The SMILES string of the molecule is CS(=O)(=O)CCCNc1c(Br)cnn(CC2CCC2)c1=O. The molecule has 0 aliphatic heterocycles. The third-order valence-electron chi connectivity index (χ3n) is 3.65. The number of aromatic nitrogens is 2. The van der Waals surface area contributed by atoms with E-state index in [9.17, 15) is 13.2 Å². The van der Waals surface area contributed by atoms with Crippen LogP contribution in [0.4, 0.5) is 5.69 Å². The molecule has 0 unspecified atom stereocenters. The summed E-state index contributed by atoms with van der Waals surface area (Å²) in [5.74, 6) is 0.661. The van der Waals surface area contributed by atoms with E-state index >= 15 is 0 Å². The Balaban J connectivity index is 2.00. The van der Waals surface area contributed by atoms with Crippen molar-refractivity contribution in [3.8, 4) is 0 Å². The molecule has 1 aromatic heterocycles. The highest BCUT2D eigenvalue weighted by molar-refractivity contribution is 9.10. The highest BCUT2D eigenvalue weighted by Gasteiger charge is 2.20. The Kier molecular flexibility index (Phi) is 5.43. The summed E-state index contributed by atoms with van der Waals surface area (Å²) >= 11 is 3.31. The van der Waals surface area contributed by atoms with Crippen molar-refractivity contribution in [3.05, 3.63) is 21.0 Å². The topological polar surface area (TPSA) is 81.1 Å². The Bertz CT molecular complexity index is 653. The standard InChI is InChI=1S/C13H20BrN3O3S/c1-21(19,20)7-3-6-15-12-11(14)8-16-17(13(12)18)9-10-4-2-5-10/h8,10,15H,2-7,9H2,1H3. The second-order valence-corrected chi connectivity index (χ2v) is 8.68. The van der Waals surface area contributed by atoms with Crippen LogP contribution in [0.25, 0.3) is 0 Å². The minimum Gasteiger partial charge on any atom is -0.380 e. The van der Waals surface area contributed by atoms with E-state index in [2.05, 4.69) is 26.3 Å². The van der Waals surface area contributed by atoms with Crippen molar-refractivity contribution in [1.29, 1.82) is 0 Å². The largest absolute Gasteiger partial charge is 0.380 e. The fourth-order valence-electron chi connectivity index (χ4n) is 2.23. The van der Waals surface area contributed by atoms with Gasteiger partial charge in [0.15, 0.2) is 0 Å². The molecule has 0 spiro atoms. The molecule has 0 radical (unpaired) electrons. The third kappa shape index (κ3) is 4.81. The minimum absolute atomic E-state index is 0.110. The van der Waals surface area contributed by atoms with E-state index in [0.717, 1.165) is 12.8 Å². The highest BCUT2D eigenvalue weighted by Crippen LogP contribution is 2.27. The lowest BCUT2D eigenvalue weighted by Crippen LogP contribution is -2.31. The monoisotopic (exact) mass is 377 g/mol. The summed E-state index contributed by atoms with van der Waals surface area (Å²) in [6, 6.07) is 0. The second-order valence-electron chi connectivity index (χ2n) is 5.56. The number of halogens is 1. The summed E-state index contributed by atoms with van der Waals surface area (Å²) < 4.78 is 24.3. The van der Waals surface area contributed by atoms with E-state index in [4.69, 9.17) is 0 Å². The molecular formula is C13H20BrN3O3S. The van der Waals surface area contributed by atoms with Crippen LogP contribution in [0.3, 0.4) is 0 Å². The van der Waals surface area contributed by atoms with Crippen molar-refractivity contribution in [2.45, 2.75) is 32.2 Å². The average Bonchev–Trinajstić information content (AvgIpc) is 2.33. The zero-order valence-electron chi connectivity index (χ0n) is 12.0. The van der Waals surface area contributed by atoms with Gasteiger partial charge in [-0.15, -0.1) is 0 Å². The molecule has 0 atom stereocenters. The first-order valence-corrected chi connectivity index (χ1v) is 9.89. The van der Waals surface area contributed by atoms with Gasteiger partial charge in [0.2, 0.25) is 0 Å². The molecule has 8 heteroatoms. The van der Waals surface area contributed by atoms with Gasteiger partial charge in [0.25, 0.3) is 5.56 Å². The number of rotatable bonds is 7. The fourth-order valence-corrected chi connectivity index (χ4v) is 3.30. The average molecular weight is 378 g/mol. The van der Waals surface area contributed by atoms with Gasteiger partial charge in [-0.25, -0.2) is 13.1 Å². The maximum atomic E-state index is 12.3. The van der Waals surface area contributed by atoms with Crippen molar-refractivity contribution in [3.63, 3.8) is 0 Å². The summed E-state index contributed by atoms with van der Waals surface area (Å²) in [6.45, 7) is 1.10. The molecule has 6 nitrogen and oxygen atoms in total. The Labute approximate surface area is 133 Å². The molecule has 1 aromatic rings. The molecule has 1 heterocycles. The van der Waals surface area contributed by atoms with Crippen LogP contribution in [0.15, 0.2) is 15.5 Å². The summed E-state index contributed by atoms with van der Waals surface area (Å²) in [4.78, 5) is 12.3. The molecule has 1 saturated carbocycles. The van der Waals surface area contributed by atoms with Crippen molar-refractivity contribution in [1.82, 2.24) is 9.78 Å². The molecule has 0 bridgehead atoms. The van der Waals surface area contributed by atoms with Gasteiger partial charge in [0.1, 0.15) is 15.5 Å². The molecule has 1 fully saturated rings. The van der Waals surface area contributed by atoms with Crippen molar-refractivity contribution >= 4 is 31.5 Å². The lowest BCUT2D eigenvalue weighted by Gasteiger charge is -2.25. The molecule has 0 aromatic carbocycles. The van der Waals surface area contributed by atoms with Crippen LogP contribution in [0.1, 0.15) is 25.7 Å². The Morgan fingerprint density at radius 2 is 2.19 bits per heavy atom. The van der Waals surface area contributed by atoms with E-state index in [1.165, 1.54) is 17.4 Å². The Morgan fingerprint density at radius 3 is 2.76 bits per heavy atom. The van der Waals surface area contributed by atoms with Crippen LogP contribution in [0.5, 0.6) is 0 Å². The normalized spacial score (nSPS) is 15.7. The maximum absolute atomic E-state index is 12.3. The summed E-state index contributed by atoms with van der Waals surface area (Å²) in [6.07, 6.45) is 6.82. The van der Waals surface area contributed by atoms with E-state index in [1.54, 1.807) is 6.20 Å². The quantitative estimate of drug-likeness (QED) is 0.730. The van der Waals surface area contributed by atoms with E-state index in [0.29, 0.717) is 35.6 Å². The van der Waals surface area contributed by atoms with E-state index in [1.807, 2.05) is 0 Å². The smallest absolute Gasteiger partial charge is 0.291 e. The fraction of sp³-hybridized carbons (Fsp3) is 0.692. The first-order valence-electron chi connectivity index (χ1n) is 7.04. The van der Waals surface area contributed by atoms with Crippen LogP contribution in [-0.4, -0.2) is 36.8 Å². The molecule has 21 heavy (non-hydrogen) atoms. The Morgan fingerprint density at radius 1 is 1.48 bits per heavy atom. The van der Waals surface area contributed by atoms with Crippen LogP contribution in [0.2, 0.25) is 0 Å². The molecule has 0 amide bonds. The zero-order valence-corrected chi connectivity index (χ0v) is 14.4. The second kappa shape index (κ2) is 6.91. The van der Waals surface area contributed by atoms with Gasteiger partial charge in [0.05, 0.1) is 16.4 Å². The van der Waals surface area contributed by atoms with Gasteiger partial charge in [-0.3, -0.25) is 4.79 Å². The van der Waals surface area contributed by atoms with Crippen molar-refractivity contribution in [2.24, 2.45) is 5.92 Å². The number of hydrogen-bond donors (Lipinski definition) is 1. The lowest BCUT2D eigenvalue weighted by atomic mass is 9.85. The number of anilines is 1. The van der Waals surface area contributed by atoms with Crippen molar-refractivity contribution < 1.29 is 8.42 Å². The van der Waals surface area contributed by atoms with Gasteiger partial charge >= 0.3 is 0 Å². The van der Waals surface area contributed by atoms with Crippen LogP contribution < -0.4 is 10.9 Å². The third-order valence-corrected chi connectivity index (χ3v) is 5.28. The summed E-state index contributed by atoms with van der Waals surface area (Å²) in [7, 11) is -2.97. The summed E-state index contributed by atoms with van der Waals surface area (Å²) in [5, 5.41) is 7.17. The van der Waals surface area contributed by atoms with Gasteiger partial charge in [-0.1, -0.05) is 6.42 Å². The first-order chi connectivity index (χ1) is 9.87. The molecule has 118 valence electrons. The van der Waals surface area contributed by atoms with Crippen LogP contribution in [0, 0.1) is 5.92 Å². The zero-order chi connectivity index (χ0) is 15.5. The van der Waals surface area contributed by atoms with Crippen molar-refractivity contribution in [2.75, 3.05) is 23.9 Å². The number of nitrogens with one attached hydrogen (secondary N) is 1. The van der Waals surface area contributed by atoms with Gasteiger partial charge in [-0.05, 0) is 41.1 Å². The number of sulfone groups is 1. The highest BCUT2D eigenvalue weighted by atomic mass is 79.9. The molecule has 1 aliphatic carbocycles. The Hall–Kier alpha value is -0.890. The number of hydrogen-bond acceptors (Lipinski definition) is 5. The van der Waals surface area contributed by atoms with Crippen LogP contribution >= 0.6 is 15.9 Å². The van der Waals surface area contributed by atoms with Gasteiger partial charge in [0, 0.05) is 19.3 Å². The van der Waals surface area contributed by atoms with E-state index in [-0.39, 0.29) is 11.3 Å². The van der Waals surface area contributed by atoms with Crippen LogP contribution in [-0.2, 0) is 16.4 Å². The summed E-state index contributed by atoms with van der Waals surface area (Å²) in [5.41, 5.74) is 0.299. The van der Waals surface area contributed by atoms with Gasteiger partial charge in [-0.2, -0.15) is 5.10 Å². The lowest BCUT2D eigenvalue weighted by molar-refractivity contribution is 0.262. The van der Waals surface area contributed by atoms with E-state index < -0.39 is 9.84 Å². The first kappa shape index (κ1) is 16.5. The minimum atomic E-state index is -2.97. The van der Waals surface area contributed by atoms with Gasteiger partial charge < -0.3 is 5.32 Å². The predicted molar refractivity (Wildman–Crippen MR) is 86.4 cm³/mol. The molecule has 1 N–H and O–H groups in total. The molecule has 0 saturated heterocycles. The number of nitrogens with zero attached hydrogens (tertiary/aromatic N) is 2.